The number of nitrogens with one attached hydrogen (secondary N) is 1. The van der Waals surface area contributed by atoms with E-state index in [4.69, 9.17) is 11.6 Å². The molecule has 0 unspecified atom stereocenters. The van der Waals surface area contributed by atoms with Gasteiger partial charge < -0.3 is 10.2 Å². The first-order chi connectivity index (χ1) is 8.16. The molecule has 1 fully saturated rings. The van der Waals surface area contributed by atoms with Gasteiger partial charge in [0, 0.05) is 36.8 Å². The molecule has 0 saturated carbocycles. The zero-order valence-electron chi connectivity index (χ0n) is 9.74. The van der Waals surface area contributed by atoms with Crippen LogP contribution in [-0.2, 0) is 0 Å². The fourth-order valence-electron chi connectivity index (χ4n) is 1.77. The SMILES string of the molecule is CN1CCCNC1=CC(=O)c1ccc(Cl)cc1. The van der Waals surface area contributed by atoms with Crippen LogP contribution in [0, 0.1) is 0 Å². The molecule has 2 rings (SSSR count). The Bertz CT molecular complexity index is 439. The predicted octanol–water partition coefficient (Wildman–Crippen LogP) is 2.29. The van der Waals surface area contributed by atoms with Crippen LogP contribution in [0.5, 0.6) is 0 Å². The van der Waals surface area contributed by atoms with E-state index in [-0.39, 0.29) is 5.78 Å². The van der Waals surface area contributed by atoms with Crippen LogP contribution in [0.1, 0.15) is 16.8 Å². The van der Waals surface area contributed by atoms with Crippen LogP contribution in [0.4, 0.5) is 0 Å². The van der Waals surface area contributed by atoms with E-state index in [0.717, 1.165) is 25.3 Å². The summed E-state index contributed by atoms with van der Waals surface area (Å²) in [5.74, 6) is 0.883. The van der Waals surface area contributed by atoms with E-state index in [1.165, 1.54) is 0 Å². The fourth-order valence-corrected chi connectivity index (χ4v) is 1.90. The largest absolute Gasteiger partial charge is 0.372 e. The van der Waals surface area contributed by atoms with E-state index in [1.807, 2.05) is 7.05 Å². The molecule has 90 valence electrons. The van der Waals surface area contributed by atoms with Crippen molar-refractivity contribution >= 4 is 17.4 Å². The third kappa shape index (κ3) is 3.01. The van der Waals surface area contributed by atoms with Crippen LogP contribution in [0.25, 0.3) is 0 Å². The lowest BCUT2D eigenvalue weighted by atomic mass is 10.1. The van der Waals surface area contributed by atoms with Crippen molar-refractivity contribution in [2.24, 2.45) is 0 Å². The summed E-state index contributed by atoms with van der Waals surface area (Å²) >= 11 is 5.78. The van der Waals surface area contributed by atoms with Crippen molar-refractivity contribution in [3.63, 3.8) is 0 Å². The summed E-state index contributed by atoms with van der Waals surface area (Å²) in [6.07, 6.45) is 2.74. The Morgan fingerprint density at radius 2 is 2.12 bits per heavy atom. The van der Waals surface area contributed by atoms with Crippen LogP contribution < -0.4 is 5.32 Å². The van der Waals surface area contributed by atoms with Gasteiger partial charge in [-0.05, 0) is 30.7 Å². The maximum atomic E-state index is 12.0. The number of carbonyl (C=O) groups is 1. The first-order valence-corrected chi connectivity index (χ1v) is 6.01. The maximum absolute atomic E-state index is 12.0. The minimum atomic E-state index is -0.00193. The molecule has 0 spiro atoms. The van der Waals surface area contributed by atoms with Crippen molar-refractivity contribution in [3.8, 4) is 0 Å². The average Bonchev–Trinajstić information content (AvgIpc) is 2.33. The minimum absolute atomic E-state index is 0.00193. The highest BCUT2D eigenvalue weighted by Crippen LogP contribution is 2.12. The van der Waals surface area contributed by atoms with Gasteiger partial charge in [0.05, 0.1) is 0 Å². The monoisotopic (exact) mass is 250 g/mol. The Morgan fingerprint density at radius 1 is 1.41 bits per heavy atom. The molecule has 1 N–H and O–H groups in total. The lowest BCUT2D eigenvalue weighted by Crippen LogP contribution is -2.37. The van der Waals surface area contributed by atoms with Crippen molar-refractivity contribution < 1.29 is 4.79 Å². The third-order valence-electron chi connectivity index (χ3n) is 2.78. The van der Waals surface area contributed by atoms with E-state index >= 15 is 0 Å². The summed E-state index contributed by atoms with van der Waals surface area (Å²) < 4.78 is 0. The molecule has 0 amide bonds. The number of nitrogens with zero attached hydrogens (tertiary/aromatic N) is 1. The number of hydrogen-bond acceptors (Lipinski definition) is 3. The molecule has 3 nitrogen and oxygen atoms in total. The highest BCUT2D eigenvalue weighted by atomic mass is 35.5. The van der Waals surface area contributed by atoms with Crippen molar-refractivity contribution in [1.82, 2.24) is 10.2 Å². The van der Waals surface area contributed by atoms with Crippen molar-refractivity contribution in [2.75, 3.05) is 20.1 Å². The fraction of sp³-hybridized carbons (Fsp3) is 0.308. The average molecular weight is 251 g/mol. The van der Waals surface area contributed by atoms with Gasteiger partial charge in [-0.25, -0.2) is 0 Å². The van der Waals surface area contributed by atoms with Gasteiger partial charge in [0.1, 0.15) is 5.82 Å². The summed E-state index contributed by atoms with van der Waals surface area (Å²) in [6.45, 7) is 1.90. The number of ketones is 1. The predicted molar refractivity (Wildman–Crippen MR) is 69.1 cm³/mol. The van der Waals surface area contributed by atoms with Crippen LogP contribution in [0.15, 0.2) is 36.2 Å². The second-order valence-electron chi connectivity index (χ2n) is 4.10. The molecule has 1 aliphatic heterocycles. The first kappa shape index (κ1) is 12.0. The van der Waals surface area contributed by atoms with Crippen LogP contribution in [0.3, 0.4) is 0 Å². The summed E-state index contributed by atoms with van der Waals surface area (Å²) in [5.41, 5.74) is 0.655. The summed E-state index contributed by atoms with van der Waals surface area (Å²) in [4.78, 5) is 14.0. The van der Waals surface area contributed by atoms with E-state index in [0.29, 0.717) is 10.6 Å². The molecular weight excluding hydrogens is 236 g/mol. The van der Waals surface area contributed by atoms with E-state index < -0.39 is 0 Å². The van der Waals surface area contributed by atoms with Crippen molar-refractivity contribution in [3.05, 3.63) is 46.7 Å². The van der Waals surface area contributed by atoms with E-state index in [9.17, 15) is 4.79 Å². The van der Waals surface area contributed by atoms with E-state index in [2.05, 4.69) is 10.2 Å². The number of allylic oxidation sites excluding steroid dienone is 1. The van der Waals surface area contributed by atoms with Crippen molar-refractivity contribution in [2.45, 2.75) is 6.42 Å². The number of carbonyl (C=O) groups excluding carboxylic acids is 1. The van der Waals surface area contributed by atoms with Gasteiger partial charge in [0.2, 0.25) is 0 Å². The molecule has 0 bridgehead atoms. The first-order valence-electron chi connectivity index (χ1n) is 5.63. The highest BCUT2D eigenvalue weighted by Gasteiger charge is 2.12. The van der Waals surface area contributed by atoms with Gasteiger partial charge in [0.25, 0.3) is 0 Å². The smallest absolute Gasteiger partial charge is 0.189 e. The lowest BCUT2D eigenvalue weighted by Gasteiger charge is -2.28. The molecule has 17 heavy (non-hydrogen) atoms. The zero-order chi connectivity index (χ0) is 12.3. The second kappa shape index (κ2) is 5.23. The molecule has 1 aliphatic rings. The van der Waals surface area contributed by atoms with Crippen LogP contribution in [-0.4, -0.2) is 30.8 Å². The normalized spacial score (nSPS) is 18.0. The molecule has 0 aromatic heterocycles. The molecule has 4 heteroatoms. The Hall–Kier alpha value is -1.48. The number of rotatable bonds is 2. The van der Waals surface area contributed by atoms with Crippen LogP contribution >= 0.6 is 11.6 Å². The zero-order valence-corrected chi connectivity index (χ0v) is 10.5. The molecular formula is C13H15ClN2O. The maximum Gasteiger partial charge on any atom is 0.189 e. The van der Waals surface area contributed by atoms with Gasteiger partial charge in [0.15, 0.2) is 5.78 Å². The van der Waals surface area contributed by atoms with Gasteiger partial charge >= 0.3 is 0 Å². The Balaban J connectivity index is 2.15. The molecule has 0 radical (unpaired) electrons. The molecule has 0 aliphatic carbocycles. The summed E-state index contributed by atoms with van der Waals surface area (Å²) in [6, 6.07) is 6.94. The standard InChI is InChI=1S/C13H15ClN2O/c1-16-8-2-7-15-13(16)9-12(17)10-3-5-11(14)6-4-10/h3-6,9,15H,2,7-8H2,1H3. The second-order valence-corrected chi connectivity index (χ2v) is 4.54. The van der Waals surface area contributed by atoms with Gasteiger partial charge in [-0.3, -0.25) is 4.79 Å². The molecule has 1 saturated heterocycles. The summed E-state index contributed by atoms with van der Waals surface area (Å²) in [7, 11) is 1.98. The van der Waals surface area contributed by atoms with Gasteiger partial charge in [-0.1, -0.05) is 11.6 Å². The highest BCUT2D eigenvalue weighted by molar-refractivity contribution is 6.30. The number of benzene rings is 1. The Kier molecular flexibility index (Phi) is 3.69. The van der Waals surface area contributed by atoms with E-state index in [1.54, 1.807) is 30.3 Å². The lowest BCUT2D eigenvalue weighted by molar-refractivity contribution is 0.104. The Morgan fingerprint density at radius 3 is 2.76 bits per heavy atom. The topological polar surface area (TPSA) is 32.3 Å². The third-order valence-corrected chi connectivity index (χ3v) is 3.04. The number of hydrogen-bond donors (Lipinski definition) is 1. The molecule has 1 heterocycles. The summed E-state index contributed by atoms with van der Waals surface area (Å²) in [5, 5.41) is 3.86. The quantitative estimate of drug-likeness (QED) is 0.646. The minimum Gasteiger partial charge on any atom is -0.372 e. The molecule has 1 aromatic rings. The Labute approximate surface area is 106 Å². The van der Waals surface area contributed by atoms with Gasteiger partial charge in [-0.15, -0.1) is 0 Å². The molecule has 0 atom stereocenters. The van der Waals surface area contributed by atoms with Gasteiger partial charge in [-0.2, -0.15) is 0 Å². The van der Waals surface area contributed by atoms with Crippen molar-refractivity contribution in [1.29, 1.82) is 0 Å². The molecule has 1 aromatic carbocycles. The van der Waals surface area contributed by atoms with Crippen LogP contribution in [0.2, 0.25) is 5.02 Å². The number of halogens is 1.